The van der Waals surface area contributed by atoms with Gasteiger partial charge in [-0.1, -0.05) is 12.1 Å². The molecular weight excluding hydrogens is 1100 g/mol. The monoisotopic (exact) mass is 1130 g/mol. The molecule has 8 aromatic carbocycles. The molecule has 0 amide bonds. The first-order valence-electron chi connectivity index (χ1n) is 20.8. The number of fused-ring (bicyclic) bond motifs is 5. The van der Waals surface area contributed by atoms with E-state index in [1.807, 2.05) is 0 Å². The second kappa shape index (κ2) is 18.8. The maximum absolute atomic E-state index is 12.7. The average Bonchev–Trinajstić information content (AvgIpc) is 3.80. The van der Waals surface area contributed by atoms with E-state index in [-0.39, 0.29) is 77.5 Å². The van der Waals surface area contributed by atoms with Crippen LogP contribution in [-0.2, 0) is 50.6 Å². The molecule has 0 aliphatic heterocycles. The predicted molar refractivity (Wildman–Crippen MR) is 267 cm³/mol. The van der Waals surface area contributed by atoms with Crippen molar-refractivity contribution in [3.63, 3.8) is 0 Å². The molecule has 390 valence electrons. The molecule has 0 saturated carbocycles. The summed E-state index contributed by atoms with van der Waals surface area (Å²) in [5, 5.41) is 55.0. The summed E-state index contributed by atoms with van der Waals surface area (Å²) in [6, 6.07) is 21.4. The molecule has 32 heteroatoms. The summed E-state index contributed by atoms with van der Waals surface area (Å²) >= 11 is 0. The van der Waals surface area contributed by atoms with E-state index >= 15 is 0 Å². The molecule has 0 spiro atoms. The molecule has 76 heavy (non-hydrogen) atoms. The molecule has 27 nitrogen and oxygen atoms in total. The summed E-state index contributed by atoms with van der Waals surface area (Å²) < 4.78 is 176. The Balaban J connectivity index is 0.981. The van der Waals surface area contributed by atoms with Crippen molar-refractivity contribution in [3.8, 4) is 22.9 Å². The fraction of sp³-hybridized carbons (Fsp3) is 0.0455. The molecule has 0 radical (unpaired) electrons. The zero-order chi connectivity index (χ0) is 55.0. The highest BCUT2D eigenvalue weighted by Crippen LogP contribution is 2.45. The van der Waals surface area contributed by atoms with E-state index in [0.717, 1.165) is 35.1 Å². The van der Waals surface area contributed by atoms with Gasteiger partial charge < -0.3 is 14.9 Å². The number of ether oxygens (including phenoxy) is 1. The molecule has 0 saturated heterocycles. The van der Waals surface area contributed by atoms with Gasteiger partial charge in [-0.05, 0) is 108 Å². The Labute approximate surface area is 427 Å². The number of hydrogen-bond donors (Lipinski definition) is 7. The van der Waals surface area contributed by atoms with E-state index in [1.54, 1.807) is 13.0 Å². The number of rotatable bonds is 13. The number of aryl methyl sites for hydroxylation is 1. The number of phenols is 2. The first-order chi connectivity index (χ1) is 35.5. The SMILES string of the molecule is COc1cc(N=Nc2c(S(=O)(=O)O)cc3cc(-n4nc5ccc6c(S(=O)(=O)O)cc(S(=O)(=O)O)cc6c5n4)ccc3c2O)c(O)cc1N=Nc1ccc(N=Nc2ccc3c(S(=O)(=O)O)cc(S(=O)(=O)O)cc3c2)c(C)c1. The van der Waals surface area contributed by atoms with Gasteiger partial charge in [0.2, 0.25) is 0 Å². The molecule has 0 bridgehead atoms. The average molecular weight is 1130 g/mol. The largest absolute Gasteiger partial charge is 0.506 e. The third kappa shape index (κ3) is 10.4. The van der Waals surface area contributed by atoms with Gasteiger partial charge in [0.1, 0.15) is 54.3 Å². The van der Waals surface area contributed by atoms with Crippen molar-refractivity contribution in [2.45, 2.75) is 31.4 Å². The number of nitrogens with zero attached hydrogens (tertiary/aromatic N) is 9. The molecule has 0 atom stereocenters. The topological polar surface area (TPSA) is 426 Å². The molecular formula is C44H31N9O18S5. The van der Waals surface area contributed by atoms with Crippen molar-refractivity contribution >= 4 is 128 Å². The van der Waals surface area contributed by atoms with Gasteiger partial charge in [0.15, 0.2) is 5.75 Å². The third-order valence-corrected chi connectivity index (χ3v) is 15.6. The van der Waals surface area contributed by atoms with Crippen LogP contribution in [0.4, 0.5) is 34.1 Å². The quantitative estimate of drug-likeness (QED) is 0.0418. The summed E-state index contributed by atoms with van der Waals surface area (Å²) in [5.74, 6) is -1.38. The minimum atomic E-state index is -5.17. The van der Waals surface area contributed by atoms with Crippen molar-refractivity contribution in [2.75, 3.05) is 7.11 Å². The van der Waals surface area contributed by atoms with Gasteiger partial charge >= 0.3 is 0 Å². The minimum Gasteiger partial charge on any atom is -0.506 e. The number of aromatic nitrogens is 3. The Morgan fingerprint density at radius 1 is 0.474 bits per heavy atom. The van der Waals surface area contributed by atoms with Crippen LogP contribution < -0.4 is 4.74 Å². The Morgan fingerprint density at radius 3 is 1.67 bits per heavy atom. The molecule has 0 aliphatic rings. The maximum Gasteiger partial charge on any atom is 0.296 e. The molecule has 1 heterocycles. The van der Waals surface area contributed by atoms with Crippen molar-refractivity contribution in [1.82, 2.24) is 15.0 Å². The molecule has 9 aromatic rings. The molecule has 0 aliphatic carbocycles. The van der Waals surface area contributed by atoms with Crippen LogP contribution in [-0.4, -0.2) is 97.2 Å². The molecule has 0 fully saturated rings. The first-order valence-corrected chi connectivity index (χ1v) is 28.0. The highest BCUT2D eigenvalue weighted by molar-refractivity contribution is 7.87. The van der Waals surface area contributed by atoms with Gasteiger partial charge in [0, 0.05) is 33.7 Å². The van der Waals surface area contributed by atoms with Crippen molar-refractivity contribution in [2.24, 2.45) is 30.7 Å². The maximum atomic E-state index is 12.7. The summed E-state index contributed by atoms with van der Waals surface area (Å²) in [4.78, 5) is -3.16. The van der Waals surface area contributed by atoms with Crippen LogP contribution in [0.2, 0.25) is 0 Å². The normalized spacial score (nSPS) is 13.1. The molecule has 1 aromatic heterocycles. The standard InChI is InChI=1S/C44H31N9O18S5/c1-21-11-24(4-9-33(21)47-46-25-3-6-29-22(12-25)14-27(72(56,57)58)17-39(29)74(62,63)64)45-49-36-19-37(54)35(20-38(36)71-2)48-50-43-41(76(68,69)70)15-23-13-26(5-7-30(23)44(43)55)53-51-34-10-8-31-32(42(34)52-53)16-28(73(59,60)61)18-40(31)75(65,66)67/h3-20,54-55H,1-2H3,(H,56,57,58)(H,59,60,61)(H,62,63,64)(H,65,66,67)(H,68,69,70). The lowest BCUT2D eigenvalue weighted by Crippen LogP contribution is -2.04. The van der Waals surface area contributed by atoms with Crippen LogP contribution in [0.5, 0.6) is 17.2 Å². The van der Waals surface area contributed by atoms with Gasteiger partial charge in [-0.3, -0.25) is 22.8 Å². The summed E-state index contributed by atoms with van der Waals surface area (Å²) in [6.45, 7) is 1.67. The van der Waals surface area contributed by atoms with E-state index in [4.69, 9.17) is 4.74 Å². The van der Waals surface area contributed by atoms with Crippen LogP contribution in [0.25, 0.3) is 49.0 Å². The fourth-order valence-corrected chi connectivity index (χ4v) is 11.1. The Bertz CT molecular complexity index is 4700. The lowest BCUT2D eigenvalue weighted by atomic mass is 10.1. The molecule has 7 N–H and O–H groups in total. The number of phenolic OH excluding ortho intramolecular Hbond substituents is 2. The smallest absolute Gasteiger partial charge is 0.296 e. The van der Waals surface area contributed by atoms with Crippen molar-refractivity contribution in [1.29, 1.82) is 0 Å². The highest BCUT2D eigenvalue weighted by atomic mass is 32.2. The predicted octanol–water partition coefficient (Wildman–Crippen LogP) is 9.09. The van der Waals surface area contributed by atoms with Gasteiger partial charge in [0.25, 0.3) is 50.6 Å². The van der Waals surface area contributed by atoms with E-state index in [1.165, 1.54) is 67.8 Å². The van der Waals surface area contributed by atoms with Crippen LogP contribution in [0.3, 0.4) is 0 Å². The van der Waals surface area contributed by atoms with Crippen molar-refractivity contribution in [3.05, 3.63) is 115 Å². The summed E-state index contributed by atoms with van der Waals surface area (Å²) in [7, 11) is -23.7. The number of methoxy groups -OCH3 is 1. The van der Waals surface area contributed by atoms with E-state index in [9.17, 15) is 75.1 Å². The lowest BCUT2D eigenvalue weighted by Gasteiger charge is -2.10. The number of azo groups is 3. The number of aromatic hydroxyl groups is 2. The second-order valence-electron chi connectivity index (χ2n) is 16.2. The minimum absolute atomic E-state index is 0.00600. The fourth-order valence-electron chi connectivity index (χ4n) is 7.72. The summed E-state index contributed by atoms with van der Waals surface area (Å²) in [5.41, 5.74) is 0.320. The van der Waals surface area contributed by atoms with Crippen LogP contribution in [0, 0.1) is 6.92 Å². The van der Waals surface area contributed by atoms with Gasteiger partial charge in [0.05, 0.1) is 39.7 Å². The Hall–Kier alpha value is -8.31. The Morgan fingerprint density at radius 2 is 1.04 bits per heavy atom. The van der Waals surface area contributed by atoms with Gasteiger partial charge in [-0.25, -0.2) is 0 Å². The van der Waals surface area contributed by atoms with Gasteiger partial charge in [-0.15, -0.1) is 25.5 Å². The van der Waals surface area contributed by atoms with Gasteiger partial charge in [-0.2, -0.15) is 62.2 Å². The van der Waals surface area contributed by atoms with E-state index < -0.39 is 92.3 Å². The zero-order valence-electron chi connectivity index (χ0n) is 38.1. The zero-order valence-corrected chi connectivity index (χ0v) is 42.2. The summed E-state index contributed by atoms with van der Waals surface area (Å²) in [6.07, 6.45) is 0. The van der Waals surface area contributed by atoms with Crippen molar-refractivity contribution < 1.29 is 79.8 Å². The van der Waals surface area contributed by atoms with Crippen LogP contribution in [0.1, 0.15) is 5.56 Å². The molecule has 9 rings (SSSR count). The van der Waals surface area contributed by atoms with Crippen LogP contribution >= 0.6 is 0 Å². The second-order valence-corrected chi connectivity index (χ2v) is 23.2. The molecule has 0 unspecified atom stereocenters. The van der Waals surface area contributed by atoms with E-state index in [0.29, 0.717) is 23.4 Å². The third-order valence-electron chi connectivity index (χ3n) is 11.2. The Kier molecular flexibility index (Phi) is 13.0. The van der Waals surface area contributed by atoms with E-state index in [2.05, 4.69) is 40.9 Å². The number of hydrogen-bond acceptors (Lipinski definition) is 21. The van der Waals surface area contributed by atoms with Crippen LogP contribution in [0.15, 0.2) is 164 Å². The first kappa shape index (κ1) is 52.5. The number of benzene rings is 8. The highest BCUT2D eigenvalue weighted by Gasteiger charge is 2.26. The lowest BCUT2D eigenvalue weighted by molar-refractivity contribution is 0.413.